The van der Waals surface area contributed by atoms with E-state index in [-0.39, 0.29) is 5.75 Å². The van der Waals surface area contributed by atoms with E-state index in [0.717, 1.165) is 19.4 Å². The minimum atomic E-state index is -4.64. The molecule has 108 valence electrons. The summed E-state index contributed by atoms with van der Waals surface area (Å²) >= 11 is 0. The van der Waals surface area contributed by atoms with Crippen LogP contribution in [0.4, 0.5) is 13.2 Å². The fourth-order valence-electron chi connectivity index (χ4n) is 2.00. The molecule has 0 saturated carbocycles. The van der Waals surface area contributed by atoms with Crippen LogP contribution in [0.25, 0.3) is 0 Å². The molecule has 2 nitrogen and oxygen atoms in total. The Morgan fingerprint density at radius 2 is 1.89 bits per heavy atom. The second-order valence-corrected chi connectivity index (χ2v) is 4.36. The molecule has 0 radical (unpaired) electrons. The minimum absolute atomic E-state index is 0.0960. The van der Waals surface area contributed by atoms with Gasteiger partial charge in [-0.15, -0.1) is 13.2 Å². The fraction of sp³-hybridized carbons (Fsp3) is 0.571. The summed E-state index contributed by atoms with van der Waals surface area (Å²) in [6.07, 6.45) is -2.32. The maximum Gasteiger partial charge on any atom is 0.573 e. The van der Waals surface area contributed by atoms with E-state index in [1.165, 1.54) is 6.07 Å². The largest absolute Gasteiger partial charge is 0.573 e. The van der Waals surface area contributed by atoms with Crippen molar-refractivity contribution in [1.29, 1.82) is 0 Å². The average Bonchev–Trinajstić information content (AvgIpc) is 2.34. The highest BCUT2D eigenvalue weighted by Gasteiger charge is 2.31. The topological polar surface area (TPSA) is 21.3 Å². The number of halogens is 3. The maximum atomic E-state index is 12.3. The summed E-state index contributed by atoms with van der Waals surface area (Å²) < 4.78 is 40.9. The lowest BCUT2D eigenvalue weighted by Crippen LogP contribution is -2.28. The van der Waals surface area contributed by atoms with Gasteiger partial charge in [-0.25, -0.2) is 0 Å². The number of hydrogen-bond acceptors (Lipinski definition) is 2. The first kappa shape index (κ1) is 15.8. The molecule has 0 aromatic heterocycles. The molecule has 0 aliphatic rings. The van der Waals surface area contributed by atoms with E-state index >= 15 is 0 Å². The SMILES string of the molecule is CCNC(CC)CCc1ccccc1OC(F)(F)F. The molecular weight excluding hydrogens is 255 g/mol. The molecule has 1 rings (SSSR count). The van der Waals surface area contributed by atoms with Crippen LogP contribution in [-0.2, 0) is 6.42 Å². The third-order valence-corrected chi connectivity index (χ3v) is 2.95. The van der Waals surface area contributed by atoms with Crippen molar-refractivity contribution in [3.63, 3.8) is 0 Å². The van der Waals surface area contributed by atoms with Crippen LogP contribution in [0.5, 0.6) is 5.75 Å². The van der Waals surface area contributed by atoms with Crippen molar-refractivity contribution < 1.29 is 17.9 Å². The van der Waals surface area contributed by atoms with E-state index in [9.17, 15) is 13.2 Å². The van der Waals surface area contributed by atoms with Crippen molar-refractivity contribution in [2.75, 3.05) is 6.54 Å². The highest BCUT2D eigenvalue weighted by molar-refractivity contribution is 5.33. The van der Waals surface area contributed by atoms with Crippen molar-refractivity contribution in [3.05, 3.63) is 29.8 Å². The van der Waals surface area contributed by atoms with Crippen LogP contribution >= 0.6 is 0 Å². The Balaban J connectivity index is 2.67. The smallest absolute Gasteiger partial charge is 0.406 e. The van der Waals surface area contributed by atoms with Gasteiger partial charge in [0.05, 0.1) is 0 Å². The van der Waals surface area contributed by atoms with E-state index < -0.39 is 6.36 Å². The zero-order valence-electron chi connectivity index (χ0n) is 11.3. The summed E-state index contributed by atoms with van der Waals surface area (Å²) in [5.74, 6) is -0.0960. The van der Waals surface area contributed by atoms with Gasteiger partial charge in [0.25, 0.3) is 0 Å². The van der Waals surface area contributed by atoms with Crippen molar-refractivity contribution in [1.82, 2.24) is 5.32 Å². The lowest BCUT2D eigenvalue weighted by Gasteiger charge is -2.17. The second kappa shape index (κ2) is 7.38. The fourth-order valence-corrected chi connectivity index (χ4v) is 2.00. The van der Waals surface area contributed by atoms with Crippen LogP contribution < -0.4 is 10.1 Å². The van der Waals surface area contributed by atoms with Crippen LogP contribution in [0, 0.1) is 0 Å². The molecular formula is C14H20F3NO. The number of hydrogen-bond donors (Lipinski definition) is 1. The van der Waals surface area contributed by atoms with Gasteiger partial charge in [0, 0.05) is 6.04 Å². The lowest BCUT2D eigenvalue weighted by molar-refractivity contribution is -0.274. The summed E-state index contributed by atoms with van der Waals surface area (Å²) in [5.41, 5.74) is 0.594. The van der Waals surface area contributed by atoms with Gasteiger partial charge in [-0.2, -0.15) is 0 Å². The summed E-state index contributed by atoms with van der Waals surface area (Å²) in [7, 11) is 0. The Bertz CT molecular complexity index is 379. The molecule has 0 bridgehead atoms. The van der Waals surface area contributed by atoms with Crippen LogP contribution in [0.15, 0.2) is 24.3 Å². The molecule has 1 atom stereocenters. The van der Waals surface area contributed by atoms with Gasteiger partial charge in [0.1, 0.15) is 5.75 Å². The van der Waals surface area contributed by atoms with Gasteiger partial charge in [-0.1, -0.05) is 32.0 Å². The molecule has 1 unspecified atom stereocenters. The molecule has 0 amide bonds. The number of para-hydroxylation sites is 1. The number of benzene rings is 1. The van der Waals surface area contributed by atoms with Crippen molar-refractivity contribution in [2.24, 2.45) is 0 Å². The predicted molar refractivity (Wildman–Crippen MR) is 69.2 cm³/mol. The Labute approximate surface area is 112 Å². The Hall–Kier alpha value is -1.23. The first-order valence-corrected chi connectivity index (χ1v) is 6.53. The first-order chi connectivity index (χ1) is 8.96. The van der Waals surface area contributed by atoms with E-state index in [4.69, 9.17) is 0 Å². The number of aryl methyl sites for hydroxylation is 1. The summed E-state index contributed by atoms with van der Waals surface area (Å²) in [5, 5.41) is 3.31. The second-order valence-electron chi connectivity index (χ2n) is 4.36. The number of alkyl halides is 3. The van der Waals surface area contributed by atoms with Crippen LogP contribution in [-0.4, -0.2) is 18.9 Å². The Morgan fingerprint density at radius 1 is 1.21 bits per heavy atom. The third-order valence-electron chi connectivity index (χ3n) is 2.95. The summed E-state index contributed by atoms with van der Waals surface area (Å²) in [4.78, 5) is 0. The summed E-state index contributed by atoms with van der Waals surface area (Å²) in [6, 6.07) is 6.64. The highest BCUT2D eigenvalue weighted by atomic mass is 19.4. The number of ether oxygens (including phenoxy) is 1. The monoisotopic (exact) mass is 275 g/mol. The molecule has 1 aromatic rings. The molecule has 0 saturated heterocycles. The van der Waals surface area contributed by atoms with Gasteiger partial charge in [-0.3, -0.25) is 0 Å². The van der Waals surface area contributed by atoms with E-state index in [2.05, 4.69) is 17.0 Å². The molecule has 0 spiro atoms. The van der Waals surface area contributed by atoms with E-state index in [1.54, 1.807) is 18.2 Å². The zero-order valence-corrected chi connectivity index (χ0v) is 11.3. The van der Waals surface area contributed by atoms with Crippen LogP contribution in [0.3, 0.4) is 0 Å². The molecule has 0 fully saturated rings. The standard InChI is InChI=1S/C14H20F3NO/c1-3-12(18-4-2)10-9-11-7-5-6-8-13(11)19-14(15,16)17/h5-8,12,18H,3-4,9-10H2,1-2H3. The van der Waals surface area contributed by atoms with E-state index in [0.29, 0.717) is 18.0 Å². The number of rotatable bonds is 7. The quantitative estimate of drug-likeness (QED) is 0.814. The van der Waals surface area contributed by atoms with Crippen molar-refractivity contribution in [3.8, 4) is 5.75 Å². The van der Waals surface area contributed by atoms with E-state index in [1.807, 2.05) is 6.92 Å². The third kappa shape index (κ3) is 5.96. The van der Waals surface area contributed by atoms with Gasteiger partial charge < -0.3 is 10.1 Å². The van der Waals surface area contributed by atoms with Crippen LogP contribution in [0.1, 0.15) is 32.3 Å². The molecule has 1 N–H and O–H groups in total. The minimum Gasteiger partial charge on any atom is -0.406 e. The molecule has 5 heteroatoms. The Kier molecular flexibility index (Phi) is 6.15. The molecule has 0 heterocycles. The molecule has 0 aliphatic carbocycles. The Morgan fingerprint density at radius 3 is 2.47 bits per heavy atom. The van der Waals surface area contributed by atoms with Gasteiger partial charge in [0.15, 0.2) is 0 Å². The zero-order chi connectivity index (χ0) is 14.3. The van der Waals surface area contributed by atoms with Crippen LogP contribution in [0.2, 0.25) is 0 Å². The van der Waals surface area contributed by atoms with Crippen molar-refractivity contribution in [2.45, 2.75) is 45.5 Å². The van der Waals surface area contributed by atoms with Gasteiger partial charge >= 0.3 is 6.36 Å². The normalized spacial score (nSPS) is 13.3. The first-order valence-electron chi connectivity index (χ1n) is 6.53. The maximum absolute atomic E-state index is 12.3. The highest BCUT2D eigenvalue weighted by Crippen LogP contribution is 2.27. The van der Waals surface area contributed by atoms with Crippen molar-refractivity contribution >= 4 is 0 Å². The molecule has 0 aliphatic heterocycles. The van der Waals surface area contributed by atoms with Gasteiger partial charge in [0.2, 0.25) is 0 Å². The molecule has 19 heavy (non-hydrogen) atoms. The average molecular weight is 275 g/mol. The predicted octanol–water partition coefficient (Wildman–Crippen LogP) is 3.91. The molecule has 1 aromatic carbocycles. The number of nitrogens with one attached hydrogen (secondary N) is 1. The lowest BCUT2D eigenvalue weighted by atomic mass is 10.0. The summed E-state index contributed by atoms with van der Waals surface area (Å²) in [6.45, 7) is 4.94. The van der Waals surface area contributed by atoms with Gasteiger partial charge in [-0.05, 0) is 37.4 Å².